The molecule has 29 nitrogen and oxygen atoms in total. The number of ketones is 3. The zero-order valence-electron chi connectivity index (χ0n) is 63.2. The second-order valence-electron chi connectivity index (χ2n) is 27.5. The minimum atomic E-state index is -1.28. The van der Waals surface area contributed by atoms with Gasteiger partial charge in [0, 0.05) is 70.3 Å². The maximum atomic E-state index is 13.9. The maximum Gasteiger partial charge on any atom is 0.416 e. The molecule has 6 amide bonds. The fraction of sp³-hybridized carbons (Fsp3) is 0.582. The first-order chi connectivity index (χ1) is 52.3. The molecule has 0 aliphatic carbocycles. The van der Waals surface area contributed by atoms with Crippen LogP contribution in [0.15, 0.2) is 74.4 Å². The van der Waals surface area contributed by atoms with Gasteiger partial charge in [0.2, 0.25) is 0 Å². The normalized spacial score (nSPS) is 22.2. The summed E-state index contributed by atoms with van der Waals surface area (Å²) in [5, 5.41) is 11.2. The van der Waals surface area contributed by atoms with Crippen LogP contribution in [0, 0.1) is 0 Å². The lowest BCUT2D eigenvalue weighted by Gasteiger charge is -2.42. The Balaban J connectivity index is 0.000000188. The van der Waals surface area contributed by atoms with Crippen LogP contribution in [0.1, 0.15) is 187 Å². The van der Waals surface area contributed by atoms with E-state index in [0.717, 1.165) is 69.1 Å². The minimum absolute atomic E-state index is 0.00417. The Labute approximate surface area is 631 Å². The number of benzene rings is 3. The van der Waals surface area contributed by atoms with E-state index >= 15 is 0 Å². The summed E-state index contributed by atoms with van der Waals surface area (Å²) in [7, 11) is 4.45. The number of nitrogens with zero attached hydrogens (tertiary/aromatic N) is 6. The van der Waals surface area contributed by atoms with Gasteiger partial charge in [-0.2, -0.15) is 0 Å². The third-order valence-electron chi connectivity index (χ3n) is 19.7. The fourth-order valence-electron chi connectivity index (χ4n) is 14.5. The Morgan fingerprint density at radius 3 is 1.06 bits per heavy atom. The molecular weight excluding hydrogens is 1400 g/mol. The monoisotopic (exact) mass is 1510 g/mol. The molecule has 8 heterocycles. The molecule has 0 aromatic heterocycles. The zero-order chi connectivity index (χ0) is 77.4. The minimum Gasteiger partial charge on any atom is -0.493 e. The number of amides is 6. The first kappa shape index (κ1) is 82.8. The highest BCUT2D eigenvalue weighted by molar-refractivity contribution is 6.08. The predicted molar refractivity (Wildman–Crippen MR) is 396 cm³/mol. The van der Waals surface area contributed by atoms with Gasteiger partial charge in [0.15, 0.2) is 65.8 Å². The summed E-state index contributed by atoms with van der Waals surface area (Å²) < 4.78 is 75.3. The van der Waals surface area contributed by atoms with Crippen LogP contribution in [0.4, 0.5) is 31.4 Å². The number of anilines is 3. The summed E-state index contributed by atoms with van der Waals surface area (Å²) in [6.45, 7) is 18.9. The number of Topliss-reactive ketones (excluding diaryl/α,β-unsaturated/α-hetero) is 3. The third-order valence-corrected chi connectivity index (χ3v) is 19.7. The second-order valence-corrected chi connectivity index (χ2v) is 27.5. The van der Waals surface area contributed by atoms with E-state index in [1.165, 1.54) is 82.3 Å². The summed E-state index contributed by atoms with van der Waals surface area (Å²) in [5.74, 6) is 1.58. The molecule has 3 aromatic carbocycles. The molecule has 0 radical (unpaired) electrons. The highest BCUT2D eigenvalue weighted by atomic mass is 16.7. The average Bonchev–Trinajstić information content (AvgIpc) is 1.60. The van der Waals surface area contributed by atoms with Crippen LogP contribution in [0.3, 0.4) is 0 Å². The van der Waals surface area contributed by atoms with Crippen LogP contribution < -0.4 is 43.1 Å². The topological polar surface area (TPSA) is 313 Å². The van der Waals surface area contributed by atoms with E-state index < -0.39 is 55.6 Å². The van der Waals surface area contributed by atoms with E-state index in [2.05, 4.69) is 19.7 Å². The Hall–Kier alpha value is -9.29. The summed E-state index contributed by atoms with van der Waals surface area (Å²) in [4.78, 5) is 124. The van der Waals surface area contributed by atoms with Gasteiger partial charge >= 0.3 is 18.3 Å². The molecule has 8 atom stereocenters. The highest BCUT2D eigenvalue weighted by Crippen LogP contribution is 2.46. The quantitative estimate of drug-likeness (QED) is 0.0401. The largest absolute Gasteiger partial charge is 0.493 e. The van der Waals surface area contributed by atoms with E-state index in [0.29, 0.717) is 160 Å². The maximum absolute atomic E-state index is 13.9. The molecule has 1 N–H and O–H groups in total. The molecule has 108 heavy (non-hydrogen) atoms. The smallest absolute Gasteiger partial charge is 0.416 e. The molecule has 29 heteroatoms. The van der Waals surface area contributed by atoms with Gasteiger partial charge in [0.05, 0.1) is 93.0 Å². The molecule has 590 valence electrons. The molecule has 5 unspecified atom stereocenters. The molecule has 8 aliphatic heterocycles. The number of fused-ring (bicyclic) bond motifs is 6. The average molecular weight is 1510 g/mol. The number of aliphatic hydroxyl groups excluding tert-OH is 1. The number of carbonyl (C=O) groups is 9. The number of hydrogen-bond donors (Lipinski definition) is 1. The first-order valence-electron chi connectivity index (χ1n) is 37.7. The number of ether oxygens (including phenoxy) is 13. The highest BCUT2D eigenvalue weighted by Gasteiger charge is 2.50. The lowest BCUT2D eigenvalue weighted by atomic mass is 10.00. The van der Waals surface area contributed by atoms with Crippen LogP contribution in [-0.4, -0.2) is 216 Å². The van der Waals surface area contributed by atoms with E-state index in [1.807, 2.05) is 0 Å². The van der Waals surface area contributed by atoms with E-state index in [4.69, 9.17) is 61.6 Å². The summed E-state index contributed by atoms with van der Waals surface area (Å²) in [6.07, 6.45) is 13.5. The number of carbonyl (C=O) groups excluding carboxylic acids is 9. The molecule has 8 aliphatic rings. The van der Waals surface area contributed by atoms with Gasteiger partial charge in [0.1, 0.15) is 37.2 Å². The zero-order valence-corrected chi connectivity index (χ0v) is 63.2. The standard InChI is InChI=1S/2C28H38N2O8.C23H30N2O7/c2*1-4-14-37-28(33)30-22-18-24(35-16-9-10-19(2)31)23(34-3)17-20(22)26(32)29-13-7-5-11-21(29)27(30)38-25-12-6-8-15-36-25;1-4-11-32-23(29)25-18-14-20(31-12-7-8-15(2)26)19(30-3)13-16(18)21(27)24-10-6-5-9-17(24)22(25)28/h2*4,17-18,21,25,27H,1,5-16H2,2-3H3;4,13-14,17,22,28H,1,5-12H2,2-3H3/t2*21-,25?,27?;17-,22?/m000/s1. The van der Waals surface area contributed by atoms with Crippen LogP contribution in [0.25, 0.3) is 0 Å². The summed E-state index contributed by atoms with van der Waals surface area (Å²) in [5.41, 5.74) is 1.65. The van der Waals surface area contributed by atoms with Crippen LogP contribution in [-0.2, 0) is 47.5 Å². The van der Waals surface area contributed by atoms with E-state index in [-0.39, 0.29) is 98.0 Å². The number of hydrogen-bond acceptors (Lipinski definition) is 23. The van der Waals surface area contributed by atoms with Crippen molar-refractivity contribution in [3.8, 4) is 34.5 Å². The van der Waals surface area contributed by atoms with Gasteiger partial charge in [-0.1, -0.05) is 38.0 Å². The van der Waals surface area contributed by atoms with Gasteiger partial charge in [-0.3, -0.25) is 14.4 Å². The summed E-state index contributed by atoms with van der Waals surface area (Å²) in [6, 6.07) is 8.20. The molecular formula is C79H106N6O23. The van der Waals surface area contributed by atoms with Crippen molar-refractivity contribution < 1.29 is 110 Å². The van der Waals surface area contributed by atoms with Crippen molar-refractivity contribution in [2.45, 2.75) is 205 Å². The first-order valence-corrected chi connectivity index (χ1v) is 37.7. The Kier molecular flexibility index (Phi) is 31.2. The Bertz CT molecular complexity index is 3510. The number of piperidine rings is 3. The van der Waals surface area contributed by atoms with Gasteiger partial charge < -0.3 is 95.8 Å². The SMILES string of the molecule is C=CCOC(=O)N1c2cc(OCCCC(C)=O)c(OC)cc2C(=O)N2CCCC[C@H]2C1O.C=CCOC(=O)N1c2cc(OCCCC(C)=O)c(OC)cc2C(=O)N2CCCC[C@H]2C1OC1CCCCO1.C=CCOC(=O)N1c2cc(OCCCC(C)=O)c(OC)cc2C(=O)N2CCCC[C@H]2C1OC1CCCCO1. The molecule has 0 bridgehead atoms. The van der Waals surface area contributed by atoms with Crippen molar-refractivity contribution >= 4 is 70.4 Å². The Morgan fingerprint density at radius 1 is 0.435 bits per heavy atom. The Morgan fingerprint density at radius 2 is 0.750 bits per heavy atom. The molecule has 3 aromatic rings. The third kappa shape index (κ3) is 20.7. The van der Waals surface area contributed by atoms with Gasteiger partial charge in [-0.25, -0.2) is 29.1 Å². The van der Waals surface area contributed by atoms with Crippen molar-refractivity contribution in [1.82, 2.24) is 14.7 Å². The lowest BCUT2D eigenvalue weighted by Crippen LogP contribution is -2.57. The number of aliphatic hydroxyl groups is 1. The summed E-state index contributed by atoms with van der Waals surface area (Å²) >= 11 is 0. The van der Waals surface area contributed by atoms with E-state index in [9.17, 15) is 48.3 Å². The van der Waals surface area contributed by atoms with Gasteiger partial charge in [-0.15, -0.1) is 0 Å². The second kappa shape index (κ2) is 40.8. The van der Waals surface area contributed by atoms with Crippen LogP contribution in [0.5, 0.6) is 34.5 Å². The van der Waals surface area contributed by atoms with Gasteiger partial charge in [0.25, 0.3) is 17.7 Å². The molecule has 0 saturated carbocycles. The number of methoxy groups -OCH3 is 3. The van der Waals surface area contributed by atoms with Crippen LogP contribution in [0.2, 0.25) is 0 Å². The molecule has 0 spiro atoms. The molecule has 5 fully saturated rings. The van der Waals surface area contributed by atoms with Crippen molar-refractivity contribution in [1.29, 1.82) is 0 Å². The van der Waals surface area contributed by atoms with Crippen molar-refractivity contribution in [3.63, 3.8) is 0 Å². The van der Waals surface area contributed by atoms with E-state index in [1.54, 1.807) is 39.0 Å². The lowest BCUT2D eigenvalue weighted by molar-refractivity contribution is -0.199. The molecule has 5 saturated heterocycles. The van der Waals surface area contributed by atoms with Crippen LogP contribution >= 0.6 is 0 Å². The van der Waals surface area contributed by atoms with Crippen molar-refractivity contribution in [2.75, 3.05) is 109 Å². The molecule has 11 rings (SSSR count). The fourth-order valence-corrected chi connectivity index (χ4v) is 14.5. The van der Waals surface area contributed by atoms with Crippen molar-refractivity contribution in [3.05, 3.63) is 91.1 Å². The number of rotatable bonds is 28. The predicted octanol–water partition coefficient (Wildman–Crippen LogP) is 11.8. The van der Waals surface area contributed by atoms with Crippen molar-refractivity contribution in [2.24, 2.45) is 0 Å². The van der Waals surface area contributed by atoms with Gasteiger partial charge in [-0.05, 0) is 155 Å².